The summed E-state index contributed by atoms with van der Waals surface area (Å²) in [5, 5.41) is 8.89. The van der Waals surface area contributed by atoms with Gasteiger partial charge in [-0.2, -0.15) is 5.26 Å². The summed E-state index contributed by atoms with van der Waals surface area (Å²) in [7, 11) is 1.23. The van der Waals surface area contributed by atoms with Crippen LogP contribution in [0.4, 0.5) is 8.78 Å². The Kier molecular flexibility index (Phi) is 5.98. The molecule has 2 aromatic rings. The highest BCUT2D eigenvalue weighted by Gasteiger charge is 2.15. The fourth-order valence-corrected chi connectivity index (χ4v) is 2.31. The molecule has 0 radical (unpaired) electrons. The number of methoxy groups -OCH3 is 1. The number of nitriles is 1. The van der Waals surface area contributed by atoms with Crippen molar-refractivity contribution in [1.29, 1.82) is 5.26 Å². The van der Waals surface area contributed by atoms with Crippen molar-refractivity contribution in [2.24, 2.45) is 5.73 Å². The van der Waals surface area contributed by atoms with Crippen LogP contribution >= 0.6 is 0 Å². The highest BCUT2D eigenvalue weighted by molar-refractivity contribution is 5.81. The molecule has 0 fully saturated rings. The molecule has 2 aromatic carbocycles. The number of esters is 1. The van der Waals surface area contributed by atoms with E-state index < -0.39 is 23.6 Å². The van der Waals surface area contributed by atoms with Crippen LogP contribution in [0.25, 0.3) is 5.57 Å². The number of hydrogen-bond acceptors (Lipinski definition) is 4. The summed E-state index contributed by atoms with van der Waals surface area (Å²) in [6.45, 7) is 0. The molecule has 25 heavy (non-hydrogen) atoms. The molecule has 2 N–H and O–H groups in total. The van der Waals surface area contributed by atoms with Crippen LogP contribution in [-0.2, 0) is 9.53 Å². The van der Waals surface area contributed by atoms with Gasteiger partial charge in [0.25, 0.3) is 0 Å². The molecule has 0 amide bonds. The smallest absolute Gasteiger partial charge is 0.322 e. The van der Waals surface area contributed by atoms with Gasteiger partial charge in [-0.05, 0) is 41.8 Å². The Bertz CT molecular complexity index is 839. The van der Waals surface area contributed by atoms with Crippen LogP contribution in [0.1, 0.15) is 23.1 Å². The van der Waals surface area contributed by atoms with Gasteiger partial charge >= 0.3 is 5.97 Å². The van der Waals surface area contributed by atoms with E-state index in [9.17, 15) is 13.6 Å². The largest absolute Gasteiger partial charge is 0.468 e. The standard InChI is InChI=1S/C19H16F2N2O2/c1-25-19(24)18(23)9-8-15(13-4-2-12(11-22)3-5-13)16-7-6-14(20)10-17(16)21/h2-8,10,18H,9,23H2,1H3/b15-8+. The lowest BCUT2D eigenvalue weighted by Gasteiger charge is -2.12. The van der Waals surface area contributed by atoms with Crippen molar-refractivity contribution in [1.82, 2.24) is 0 Å². The molecular formula is C19H16F2N2O2. The highest BCUT2D eigenvalue weighted by atomic mass is 19.1. The summed E-state index contributed by atoms with van der Waals surface area (Å²) in [6.07, 6.45) is 1.71. The lowest BCUT2D eigenvalue weighted by atomic mass is 9.95. The number of carbonyl (C=O) groups is 1. The van der Waals surface area contributed by atoms with E-state index >= 15 is 0 Å². The predicted octanol–water partition coefficient (Wildman–Crippen LogP) is 3.16. The molecule has 2 rings (SSSR count). The van der Waals surface area contributed by atoms with Crippen molar-refractivity contribution in [3.05, 3.63) is 76.9 Å². The first-order valence-electron chi connectivity index (χ1n) is 7.45. The van der Waals surface area contributed by atoms with Crippen molar-refractivity contribution >= 4 is 11.5 Å². The molecule has 0 aliphatic heterocycles. The minimum Gasteiger partial charge on any atom is -0.468 e. The van der Waals surface area contributed by atoms with E-state index in [0.717, 1.165) is 12.1 Å². The number of hydrogen-bond donors (Lipinski definition) is 1. The predicted molar refractivity (Wildman–Crippen MR) is 89.2 cm³/mol. The maximum absolute atomic E-state index is 14.2. The number of benzene rings is 2. The third kappa shape index (κ3) is 4.49. The summed E-state index contributed by atoms with van der Waals surface area (Å²) in [5.74, 6) is -2.01. The van der Waals surface area contributed by atoms with Crippen molar-refractivity contribution in [3.63, 3.8) is 0 Å². The van der Waals surface area contributed by atoms with Gasteiger partial charge in [-0.3, -0.25) is 4.79 Å². The third-order valence-corrected chi connectivity index (χ3v) is 3.63. The summed E-state index contributed by atoms with van der Waals surface area (Å²) < 4.78 is 32.0. The maximum Gasteiger partial charge on any atom is 0.322 e. The second-order valence-electron chi connectivity index (χ2n) is 5.30. The van der Waals surface area contributed by atoms with Gasteiger partial charge in [0, 0.05) is 11.6 Å². The molecule has 0 spiro atoms. The normalized spacial score (nSPS) is 12.4. The van der Waals surface area contributed by atoms with Crippen LogP contribution in [0.5, 0.6) is 0 Å². The number of ether oxygens (including phenoxy) is 1. The molecule has 4 nitrogen and oxygen atoms in total. The SMILES string of the molecule is COC(=O)C(N)C/C=C(\c1ccc(C#N)cc1)c1ccc(F)cc1F. The van der Waals surface area contributed by atoms with E-state index in [1.165, 1.54) is 13.2 Å². The molecule has 1 unspecified atom stereocenters. The number of rotatable bonds is 5. The minimum atomic E-state index is -0.901. The molecule has 0 bridgehead atoms. The maximum atomic E-state index is 14.2. The van der Waals surface area contributed by atoms with Crippen molar-refractivity contribution in [3.8, 4) is 6.07 Å². The second kappa shape index (κ2) is 8.18. The van der Waals surface area contributed by atoms with Crippen LogP contribution in [0.2, 0.25) is 0 Å². The van der Waals surface area contributed by atoms with Crippen LogP contribution in [0.3, 0.4) is 0 Å². The van der Waals surface area contributed by atoms with Gasteiger partial charge in [0.05, 0.1) is 18.7 Å². The quantitative estimate of drug-likeness (QED) is 0.847. The summed E-state index contributed by atoms with van der Waals surface area (Å²) >= 11 is 0. The van der Waals surface area contributed by atoms with E-state index in [1.54, 1.807) is 30.3 Å². The van der Waals surface area contributed by atoms with Gasteiger partial charge in [0.2, 0.25) is 0 Å². The first-order valence-corrected chi connectivity index (χ1v) is 7.45. The molecule has 128 valence electrons. The molecule has 0 saturated carbocycles. The monoisotopic (exact) mass is 342 g/mol. The number of carbonyl (C=O) groups excluding carboxylic acids is 1. The van der Waals surface area contributed by atoms with Crippen LogP contribution in [0, 0.1) is 23.0 Å². The molecule has 0 aliphatic carbocycles. The van der Waals surface area contributed by atoms with E-state index in [1.807, 2.05) is 6.07 Å². The fourth-order valence-electron chi connectivity index (χ4n) is 2.31. The van der Waals surface area contributed by atoms with Gasteiger partial charge in [-0.1, -0.05) is 18.2 Å². The Labute approximate surface area is 144 Å². The Morgan fingerprint density at radius 3 is 2.52 bits per heavy atom. The first kappa shape index (κ1) is 18.3. The van der Waals surface area contributed by atoms with E-state index in [2.05, 4.69) is 4.74 Å². The second-order valence-corrected chi connectivity index (χ2v) is 5.30. The average molecular weight is 342 g/mol. The number of halogens is 2. The third-order valence-electron chi connectivity index (χ3n) is 3.63. The van der Waals surface area contributed by atoms with Gasteiger partial charge < -0.3 is 10.5 Å². The number of nitrogens with zero attached hydrogens (tertiary/aromatic N) is 1. The zero-order valence-corrected chi connectivity index (χ0v) is 13.5. The Balaban J connectivity index is 2.47. The minimum absolute atomic E-state index is 0.110. The molecule has 0 heterocycles. The van der Waals surface area contributed by atoms with Gasteiger partial charge in [0.1, 0.15) is 17.7 Å². The molecule has 1 atom stereocenters. The summed E-state index contributed by atoms with van der Waals surface area (Å²) in [4.78, 5) is 11.5. The van der Waals surface area contributed by atoms with Crippen LogP contribution < -0.4 is 5.73 Å². The topological polar surface area (TPSA) is 76.1 Å². The summed E-state index contributed by atoms with van der Waals surface area (Å²) in [5.41, 5.74) is 7.40. The lowest BCUT2D eigenvalue weighted by molar-refractivity contribution is -0.142. The molecule has 0 saturated heterocycles. The molecule has 6 heteroatoms. The molecular weight excluding hydrogens is 326 g/mol. The summed E-state index contributed by atoms with van der Waals surface area (Å²) in [6, 6.07) is 10.8. The van der Waals surface area contributed by atoms with E-state index in [-0.39, 0.29) is 12.0 Å². The molecule has 0 aromatic heterocycles. The van der Waals surface area contributed by atoms with Gasteiger partial charge in [0.15, 0.2) is 0 Å². The lowest BCUT2D eigenvalue weighted by Crippen LogP contribution is -2.30. The van der Waals surface area contributed by atoms with E-state index in [0.29, 0.717) is 16.7 Å². The van der Waals surface area contributed by atoms with Crippen LogP contribution in [0.15, 0.2) is 48.5 Å². The van der Waals surface area contributed by atoms with Gasteiger partial charge in [-0.15, -0.1) is 0 Å². The van der Waals surface area contributed by atoms with Crippen molar-refractivity contribution < 1.29 is 18.3 Å². The van der Waals surface area contributed by atoms with Crippen molar-refractivity contribution in [2.45, 2.75) is 12.5 Å². The Morgan fingerprint density at radius 2 is 1.96 bits per heavy atom. The number of nitrogens with two attached hydrogens (primary N) is 1. The fraction of sp³-hybridized carbons (Fsp3) is 0.158. The molecule has 0 aliphatic rings. The van der Waals surface area contributed by atoms with Crippen molar-refractivity contribution in [2.75, 3.05) is 7.11 Å². The first-order chi connectivity index (χ1) is 12.0. The zero-order valence-electron chi connectivity index (χ0n) is 13.5. The van der Waals surface area contributed by atoms with Crippen LogP contribution in [-0.4, -0.2) is 19.1 Å². The Morgan fingerprint density at radius 1 is 1.28 bits per heavy atom. The zero-order chi connectivity index (χ0) is 18.4. The average Bonchev–Trinajstić information content (AvgIpc) is 2.62. The van der Waals surface area contributed by atoms with E-state index in [4.69, 9.17) is 11.0 Å². The highest BCUT2D eigenvalue weighted by Crippen LogP contribution is 2.27. The van der Waals surface area contributed by atoms with Gasteiger partial charge in [-0.25, -0.2) is 8.78 Å². The Hall–Kier alpha value is -3.04.